The summed E-state index contributed by atoms with van der Waals surface area (Å²) in [5.41, 5.74) is 0.989. The topological polar surface area (TPSA) is 75.6 Å². The Morgan fingerprint density at radius 2 is 1.69 bits per heavy atom. The number of anilines is 1. The van der Waals surface area contributed by atoms with Gasteiger partial charge in [-0.1, -0.05) is 13.8 Å². The molecule has 2 heterocycles. The number of methoxy groups -OCH3 is 1. The average Bonchev–Trinajstić information content (AvgIpc) is 2.68. The molecule has 1 aliphatic rings. The van der Waals surface area contributed by atoms with Gasteiger partial charge in [0.05, 0.1) is 12.0 Å². The van der Waals surface area contributed by atoms with Gasteiger partial charge in [-0.3, -0.25) is 0 Å². The SMILES string of the molecule is COc1ccc(S(=O)(=O)N2CCN(c3cc(C(C)C)ncn3)CC2)cc1. The van der Waals surface area contributed by atoms with Gasteiger partial charge >= 0.3 is 0 Å². The Balaban J connectivity index is 1.70. The van der Waals surface area contributed by atoms with Crippen LogP contribution < -0.4 is 9.64 Å². The molecule has 0 bridgehead atoms. The van der Waals surface area contributed by atoms with Crippen molar-refractivity contribution in [1.29, 1.82) is 0 Å². The van der Waals surface area contributed by atoms with Gasteiger partial charge in [-0.15, -0.1) is 0 Å². The third-order valence-corrected chi connectivity index (χ3v) is 6.44. The van der Waals surface area contributed by atoms with Crippen molar-refractivity contribution in [2.24, 2.45) is 0 Å². The van der Waals surface area contributed by atoms with Crippen LogP contribution in [-0.2, 0) is 10.0 Å². The first-order valence-corrected chi connectivity index (χ1v) is 10.1. The molecule has 3 rings (SSSR count). The van der Waals surface area contributed by atoms with Crippen LogP contribution in [-0.4, -0.2) is 56.0 Å². The highest BCUT2D eigenvalue weighted by Gasteiger charge is 2.29. The van der Waals surface area contributed by atoms with Crippen LogP contribution in [0.4, 0.5) is 5.82 Å². The predicted octanol–water partition coefficient (Wildman–Crippen LogP) is 2.12. The molecule has 1 aromatic heterocycles. The Bertz CT molecular complexity index is 845. The van der Waals surface area contributed by atoms with E-state index in [2.05, 4.69) is 28.7 Å². The van der Waals surface area contributed by atoms with Crippen molar-refractivity contribution in [3.8, 4) is 5.75 Å². The molecule has 0 spiro atoms. The normalized spacial score (nSPS) is 16.1. The zero-order valence-electron chi connectivity index (χ0n) is 15.3. The summed E-state index contributed by atoms with van der Waals surface area (Å²) >= 11 is 0. The van der Waals surface area contributed by atoms with E-state index in [0.717, 1.165) is 11.5 Å². The van der Waals surface area contributed by atoms with E-state index in [1.807, 2.05) is 6.07 Å². The van der Waals surface area contributed by atoms with Gasteiger partial charge in [0.1, 0.15) is 17.9 Å². The zero-order chi connectivity index (χ0) is 18.7. The monoisotopic (exact) mass is 376 g/mol. The van der Waals surface area contributed by atoms with Crippen LogP contribution >= 0.6 is 0 Å². The van der Waals surface area contributed by atoms with E-state index in [4.69, 9.17) is 4.74 Å². The van der Waals surface area contributed by atoms with Gasteiger partial charge in [-0.05, 0) is 30.2 Å². The maximum Gasteiger partial charge on any atom is 0.243 e. The Hall–Kier alpha value is -2.19. The molecule has 1 fully saturated rings. The molecule has 1 saturated heterocycles. The largest absolute Gasteiger partial charge is 0.497 e. The maximum absolute atomic E-state index is 12.8. The molecule has 8 heteroatoms. The molecule has 1 aromatic carbocycles. The first-order chi connectivity index (χ1) is 12.4. The van der Waals surface area contributed by atoms with Crippen molar-refractivity contribution in [1.82, 2.24) is 14.3 Å². The summed E-state index contributed by atoms with van der Waals surface area (Å²) in [6.45, 7) is 6.23. The van der Waals surface area contributed by atoms with Crippen LogP contribution in [0.5, 0.6) is 5.75 Å². The lowest BCUT2D eigenvalue weighted by atomic mass is 10.1. The Kier molecular flexibility index (Phi) is 5.43. The van der Waals surface area contributed by atoms with Crippen LogP contribution in [0.2, 0.25) is 0 Å². The molecule has 1 aliphatic heterocycles. The molecule has 0 N–H and O–H groups in total. The number of benzene rings is 1. The zero-order valence-corrected chi connectivity index (χ0v) is 16.1. The summed E-state index contributed by atoms with van der Waals surface area (Å²) in [6, 6.07) is 8.48. The molecule has 0 amide bonds. The highest BCUT2D eigenvalue weighted by molar-refractivity contribution is 7.89. The van der Waals surface area contributed by atoms with Crippen molar-refractivity contribution >= 4 is 15.8 Å². The van der Waals surface area contributed by atoms with Gasteiger partial charge in [0.15, 0.2) is 0 Å². The molecule has 0 radical (unpaired) electrons. The first-order valence-electron chi connectivity index (χ1n) is 8.63. The second-order valence-corrected chi connectivity index (χ2v) is 8.46. The van der Waals surface area contributed by atoms with Gasteiger partial charge < -0.3 is 9.64 Å². The van der Waals surface area contributed by atoms with Gasteiger partial charge in [0, 0.05) is 37.9 Å². The van der Waals surface area contributed by atoms with Crippen LogP contribution in [0, 0.1) is 0 Å². The van der Waals surface area contributed by atoms with Crippen LogP contribution in [0.15, 0.2) is 41.6 Å². The summed E-state index contributed by atoms with van der Waals surface area (Å²) in [7, 11) is -1.94. The summed E-state index contributed by atoms with van der Waals surface area (Å²) < 4.78 is 32.2. The number of aromatic nitrogens is 2. The molecule has 140 valence electrons. The minimum absolute atomic E-state index is 0.288. The lowest BCUT2D eigenvalue weighted by molar-refractivity contribution is 0.383. The summed E-state index contributed by atoms with van der Waals surface area (Å²) in [6.07, 6.45) is 1.57. The fourth-order valence-electron chi connectivity index (χ4n) is 2.90. The summed E-state index contributed by atoms with van der Waals surface area (Å²) in [4.78, 5) is 11.0. The second-order valence-electron chi connectivity index (χ2n) is 6.52. The molecular weight excluding hydrogens is 352 g/mol. The predicted molar refractivity (Wildman–Crippen MR) is 100 cm³/mol. The Labute approximate surface area is 154 Å². The number of sulfonamides is 1. The van der Waals surface area contributed by atoms with Crippen molar-refractivity contribution in [2.45, 2.75) is 24.7 Å². The van der Waals surface area contributed by atoms with Crippen molar-refractivity contribution in [3.63, 3.8) is 0 Å². The molecule has 0 atom stereocenters. The minimum Gasteiger partial charge on any atom is -0.497 e. The lowest BCUT2D eigenvalue weighted by Crippen LogP contribution is -2.48. The lowest BCUT2D eigenvalue weighted by Gasteiger charge is -2.34. The highest BCUT2D eigenvalue weighted by atomic mass is 32.2. The summed E-state index contributed by atoms with van der Waals surface area (Å²) in [5.74, 6) is 1.82. The fourth-order valence-corrected chi connectivity index (χ4v) is 4.33. The maximum atomic E-state index is 12.8. The number of piperazine rings is 1. The first kappa shape index (κ1) is 18.6. The molecule has 7 nitrogen and oxygen atoms in total. The fraction of sp³-hybridized carbons (Fsp3) is 0.444. The van der Waals surface area contributed by atoms with Crippen LogP contribution in [0.3, 0.4) is 0 Å². The molecule has 0 aliphatic carbocycles. The van der Waals surface area contributed by atoms with E-state index in [1.165, 1.54) is 4.31 Å². The van der Waals surface area contributed by atoms with E-state index in [0.29, 0.717) is 37.8 Å². The standard InChI is InChI=1S/C18H24N4O3S/c1-14(2)17-12-18(20-13-19-17)21-8-10-22(11-9-21)26(23,24)16-6-4-15(25-3)5-7-16/h4-7,12-14H,8-11H2,1-3H3. The van der Waals surface area contributed by atoms with E-state index >= 15 is 0 Å². The number of hydrogen-bond donors (Lipinski definition) is 0. The number of rotatable bonds is 5. The quantitative estimate of drug-likeness (QED) is 0.796. The number of nitrogens with zero attached hydrogens (tertiary/aromatic N) is 4. The average molecular weight is 376 g/mol. The number of hydrogen-bond acceptors (Lipinski definition) is 6. The van der Waals surface area contributed by atoms with E-state index in [1.54, 1.807) is 37.7 Å². The van der Waals surface area contributed by atoms with Crippen molar-refractivity contribution in [3.05, 3.63) is 42.4 Å². The van der Waals surface area contributed by atoms with Gasteiger partial charge in [-0.25, -0.2) is 18.4 Å². The summed E-state index contributed by atoms with van der Waals surface area (Å²) in [5, 5.41) is 0. The Morgan fingerprint density at radius 3 is 2.27 bits per heavy atom. The van der Waals surface area contributed by atoms with Crippen LogP contribution in [0.25, 0.3) is 0 Å². The van der Waals surface area contributed by atoms with E-state index in [9.17, 15) is 8.42 Å². The minimum atomic E-state index is -3.50. The molecule has 0 saturated carbocycles. The van der Waals surface area contributed by atoms with Crippen molar-refractivity contribution in [2.75, 3.05) is 38.2 Å². The third kappa shape index (κ3) is 3.81. The molecular formula is C18H24N4O3S. The highest BCUT2D eigenvalue weighted by Crippen LogP contribution is 2.23. The van der Waals surface area contributed by atoms with Gasteiger partial charge in [0.2, 0.25) is 10.0 Å². The van der Waals surface area contributed by atoms with Gasteiger partial charge in [-0.2, -0.15) is 4.31 Å². The smallest absolute Gasteiger partial charge is 0.243 e. The van der Waals surface area contributed by atoms with Crippen molar-refractivity contribution < 1.29 is 13.2 Å². The van der Waals surface area contributed by atoms with E-state index in [-0.39, 0.29) is 4.90 Å². The molecule has 26 heavy (non-hydrogen) atoms. The Morgan fingerprint density at radius 1 is 1.04 bits per heavy atom. The molecule has 0 unspecified atom stereocenters. The number of ether oxygens (including phenoxy) is 1. The second kappa shape index (κ2) is 7.59. The molecule has 2 aromatic rings. The van der Waals surface area contributed by atoms with Crippen LogP contribution in [0.1, 0.15) is 25.5 Å². The van der Waals surface area contributed by atoms with Gasteiger partial charge in [0.25, 0.3) is 0 Å². The third-order valence-electron chi connectivity index (χ3n) is 4.53. The van der Waals surface area contributed by atoms with E-state index < -0.39 is 10.0 Å².